The minimum atomic E-state index is -0.0232. The molecule has 4 heteroatoms. The van der Waals surface area contributed by atoms with E-state index in [1.165, 1.54) is 11.1 Å². The average Bonchev–Trinajstić information content (AvgIpc) is 2.34. The Labute approximate surface area is 117 Å². The molecule has 3 nitrogen and oxygen atoms in total. The van der Waals surface area contributed by atoms with Crippen molar-refractivity contribution in [3.8, 4) is 5.75 Å². The Hall–Kier alpha value is -1.03. The van der Waals surface area contributed by atoms with Gasteiger partial charge in [0.15, 0.2) is 0 Å². The van der Waals surface area contributed by atoms with Crippen molar-refractivity contribution >= 4 is 21.8 Å². The maximum absolute atomic E-state index is 11.0. The first-order valence-electron chi connectivity index (χ1n) is 6.10. The van der Waals surface area contributed by atoms with Gasteiger partial charge in [0.05, 0.1) is 11.9 Å². The van der Waals surface area contributed by atoms with Crippen LogP contribution in [0.3, 0.4) is 0 Å². The van der Waals surface area contributed by atoms with Gasteiger partial charge in [-0.2, -0.15) is 0 Å². The molecule has 0 heterocycles. The number of ether oxygens (including phenoxy) is 1. The lowest BCUT2D eigenvalue weighted by atomic mass is 9.98. The Kier molecular flexibility index (Phi) is 6.19. The number of benzene rings is 1. The molecule has 0 unspecified atom stereocenters. The van der Waals surface area contributed by atoms with E-state index in [1.54, 1.807) is 0 Å². The summed E-state index contributed by atoms with van der Waals surface area (Å²) in [4.78, 5) is 11.0. The van der Waals surface area contributed by atoms with E-state index in [0.29, 0.717) is 24.4 Å². The molecule has 0 aliphatic carbocycles. The zero-order valence-electron chi connectivity index (χ0n) is 11.1. The molecule has 0 saturated heterocycles. The molecule has 0 aromatic heterocycles. The second-order valence-corrected chi connectivity index (χ2v) is 5.07. The highest BCUT2D eigenvalue weighted by Gasteiger charge is 2.04. The summed E-state index contributed by atoms with van der Waals surface area (Å²) < 4.78 is 5.59. The second-order valence-electron chi connectivity index (χ2n) is 4.51. The van der Waals surface area contributed by atoms with Crippen molar-refractivity contribution in [2.75, 3.05) is 18.5 Å². The topological polar surface area (TPSA) is 38.3 Å². The summed E-state index contributed by atoms with van der Waals surface area (Å²) >= 11 is 3.09. The number of nitrogens with one attached hydrogen (secondary N) is 1. The van der Waals surface area contributed by atoms with Gasteiger partial charge >= 0.3 is 0 Å². The van der Waals surface area contributed by atoms with Gasteiger partial charge in [0.25, 0.3) is 0 Å². The van der Waals surface area contributed by atoms with Gasteiger partial charge in [0, 0.05) is 0 Å². The SMILES string of the molecule is Cc1cc(OCCNC(=O)CBr)ccc1C(C)C. The van der Waals surface area contributed by atoms with Crippen molar-refractivity contribution in [1.29, 1.82) is 0 Å². The lowest BCUT2D eigenvalue weighted by Crippen LogP contribution is -2.28. The number of alkyl halides is 1. The molecule has 0 atom stereocenters. The molecule has 1 aromatic carbocycles. The molecule has 0 bridgehead atoms. The van der Waals surface area contributed by atoms with Crippen LogP contribution in [0.4, 0.5) is 0 Å². The molecule has 0 aliphatic heterocycles. The highest BCUT2D eigenvalue weighted by Crippen LogP contribution is 2.23. The third-order valence-corrected chi connectivity index (χ3v) is 3.19. The van der Waals surface area contributed by atoms with Crippen molar-refractivity contribution in [3.63, 3.8) is 0 Å². The van der Waals surface area contributed by atoms with Crippen LogP contribution in [0.15, 0.2) is 18.2 Å². The third-order valence-electron chi connectivity index (χ3n) is 2.68. The fourth-order valence-electron chi connectivity index (χ4n) is 1.79. The first-order chi connectivity index (χ1) is 8.54. The van der Waals surface area contributed by atoms with Crippen LogP contribution in [0.1, 0.15) is 30.9 Å². The summed E-state index contributed by atoms with van der Waals surface area (Å²) in [6, 6.07) is 6.13. The molecule has 1 rings (SSSR count). The summed E-state index contributed by atoms with van der Waals surface area (Å²) in [5.74, 6) is 1.35. The molecule has 1 aromatic rings. The van der Waals surface area contributed by atoms with Gasteiger partial charge in [-0.05, 0) is 36.1 Å². The first-order valence-corrected chi connectivity index (χ1v) is 7.22. The number of carbonyl (C=O) groups excluding carboxylic acids is 1. The van der Waals surface area contributed by atoms with Crippen LogP contribution in [0, 0.1) is 6.92 Å². The molecular weight excluding hydrogens is 294 g/mol. The quantitative estimate of drug-likeness (QED) is 0.647. The van der Waals surface area contributed by atoms with Crippen LogP contribution in [0.25, 0.3) is 0 Å². The van der Waals surface area contributed by atoms with Gasteiger partial charge in [-0.3, -0.25) is 4.79 Å². The lowest BCUT2D eigenvalue weighted by Gasteiger charge is -2.12. The number of carbonyl (C=O) groups is 1. The molecule has 100 valence electrons. The Morgan fingerprint density at radius 1 is 1.44 bits per heavy atom. The van der Waals surface area contributed by atoms with Crippen molar-refractivity contribution in [3.05, 3.63) is 29.3 Å². The van der Waals surface area contributed by atoms with E-state index in [1.807, 2.05) is 12.1 Å². The zero-order valence-corrected chi connectivity index (χ0v) is 12.7. The molecule has 0 radical (unpaired) electrons. The van der Waals surface area contributed by atoms with Crippen LogP contribution in [0.2, 0.25) is 0 Å². The minimum Gasteiger partial charge on any atom is -0.492 e. The maximum atomic E-state index is 11.0. The van der Waals surface area contributed by atoms with E-state index in [9.17, 15) is 4.79 Å². The first kappa shape index (κ1) is 15.0. The van der Waals surface area contributed by atoms with Gasteiger partial charge in [-0.25, -0.2) is 0 Å². The minimum absolute atomic E-state index is 0.0232. The van der Waals surface area contributed by atoms with Crippen molar-refractivity contribution in [2.24, 2.45) is 0 Å². The summed E-state index contributed by atoms with van der Waals surface area (Å²) in [6.07, 6.45) is 0. The highest BCUT2D eigenvalue weighted by atomic mass is 79.9. The number of rotatable bonds is 6. The van der Waals surface area contributed by atoms with E-state index in [2.05, 4.69) is 48.1 Å². The summed E-state index contributed by atoms with van der Waals surface area (Å²) in [7, 11) is 0. The van der Waals surface area contributed by atoms with Gasteiger partial charge in [-0.1, -0.05) is 35.8 Å². The largest absolute Gasteiger partial charge is 0.492 e. The van der Waals surface area contributed by atoms with Crippen LogP contribution in [-0.2, 0) is 4.79 Å². The predicted molar refractivity (Wildman–Crippen MR) is 77.6 cm³/mol. The molecule has 0 spiro atoms. The summed E-state index contributed by atoms with van der Waals surface area (Å²) in [6.45, 7) is 7.46. The van der Waals surface area contributed by atoms with Gasteiger partial charge < -0.3 is 10.1 Å². The van der Waals surface area contributed by atoms with E-state index in [-0.39, 0.29) is 5.91 Å². The Bertz CT molecular complexity index is 405. The highest BCUT2D eigenvalue weighted by molar-refractivity contribution is 9.09. The van der Waals surface area contributed by atoms with Crippen molar-refractivity contribution in [1.82, 2.24) is 5.32 Å². The van der Waals surface area contributed by atoms with Crippen LogP contribution >= 0.6 is 15.9 Å². The average molecular weight is 314 g/mol. The fraction of sp³-hybridized carbons (Fsp3) is 0.500. The van der Waals surface area contributed by atoms with E-state index < -0.39 is 0 Å². The molecule has 18 heavy (non-hydrogen) atoms. The van der Waals surface area contributed by atoms with E-state index in [4.69, 9.17) is 4.74 Å². The van der Waals surface area contributed by atoms with Crippen LogP contribution in [0.5, 0.6) is 5.75 Å². The third kappa shape index (κ3) is 4.69. The van der Waals surface area contributed by atoms with Gasteiger partial charge in [0.1, 0.15) is 12.4 Å². The van der Waals surface area contributed by atoms with Crippen LogP contribution in [-0.4, -0.2) is 24.4 Å². The number of amides is 1. The number of aryl methyl sites for hydroxylation is 1. The molecule has 0 saturated carbocycles. The van der Waals surface area contributed by atoms with E-state index in [0.717, 1.165) is 5.75 Å². The van der Waals surface area contributed by atoms with Gasteiger partial charge in [0.2, 0.25) is 5.91 Å². The molecular formula is C14H20BrNO2. The zero-order chi connectivity index (χ0) is 13.5. The lowest BCUT2D eigenvalue weighted by molar-refractivity contribution is -0.118. The fourth-order valence-corrected chi connectivity index (χ4v) is 1.99. The van der Waals surface area contributed by atoms with Gasteiger partial charge in [-0.15, -0.1) is 0 Å². The Morgan fingerprint density at radius 3 is 2.72 bits per heavy atom. The number of hydrogen-bond acceptors (Lipinski definition) is 2. The monoisotopic (exact) mass is 313 g/mol. The Morgan fingerprint density at radius 2 is 2.17 bits per heavy atom. The summed E-state index contributed by atoms with van der Waals surface area (Å²) in [5, 5.41) is 3.06. The summed E-state index contributed by atoms with van der Waals surface area (Å²) in [5.41, 5.74) is 2.59. The molecule has 0 fully saturated rings. The Balaban J connectivity index is 2.44. The predicted octanol–water partition coefficient (Wildman–Crippen LogP) is 3.01. The normalized spacial score (nSPS) is 10.5. The maximum Gasteiger partial charge on any atom is 0.230 e. The van der Waals surface area contributed by atoms with Crippen LogP contribution < -0.4 is 10.1 Å². The number of halogens is 1. The smallest absolute Gasteiger partial charge is 0.230 e. The number of hydrogen-bond donors (Lipinski definition) is 1. The standard InChI is InChI=1S/C14H20BrNO2/c1-10(2)13-5-4-12(8-11(13)3)18-7-6-16-14(17)9-15/h4-5,8,10H,6-7,9H2,1-3H3,(H,16,17). The van der Waals surface area contributed by atoms with Crippen molar-refractivity contribution in [2.45, 2.75) is 26.7 Å². The second kappa shape index (κ2) is 7.41. The molecule has 1 N–H and O–H groups in total. The molecule has 1 amide bonds. The van der Waals surface area contributed by atoms with E-state index >= 15 is 0 Å². The molecule has 0 aliphatic rings. The van der Waals surface area contributed by atoms with Crippen molar-refractivity contribution < 1.29 is 9.53 Å².